The zero-order valence-electron chi connectivity index (χ0n) is 14.2. The maximum absolute atomic E-state index is 14.4. The van der Waals surface area contributed by atoms with Crippen molar-refractivity contribution in [3.05, 3.63) is 64.1 Å². The van der Waals surface area contributed by atoms with E-state index >= 15 is 0 Å². The van der Waals surface area contributed by atoms with Gasteiger partial charge in [0.15, 0.2) is 0 Å². The van der Waals surface area contributed by atoms with Crippen LogP contribution in [0.5, 0.6) is 5.75 Å². The molecule has 0 spiro atoms. The van der Waals surface area contributed by atoms with Crippen LogP contribution >= 0.6 is 0 Å². The first-order chi connectivity index (χ1) is 12.1. The van der Waals surface area contributed by atoms with Crippen molar-refractivity contribution in [3.63, 3.8) is 0 Å². The monoisotopic (exact) mass is 335 g/mol. The lowest BCUT2D eigenvalue weighted by molar-refractivity contribution is 0.271. The van der Waals surface area contributed by atoms with Crippen LogP contribution in [0, 0.1) is 24.1 Å². The summed E-state index contributed by atoms with van der Waals surface area (Å²) in [5, 5.41) is 9.67. The first-order valence-corrected chi connectivity index (χ1v) is 8.18. The van der Waals surface area contributed by atoms with E-state index in [0.29, 0.717) is 23.2 Å². The fourth-order valence-electron chi connectivity index (χ4n) is 3.69. The number of benzene rings is 2. The van der Waals surface area contributed by atoms with Crippen molar-refractivity contribution >= 4 is 10.9 Å². The number of nitriles is 1. The molecule has 3 aromatic rings. The SMILES string of the molecule is COc1cc(C)c2[nH]cc(F)c2c1CN1Cc2ccc(C#N)cc2C1. The summed E-state index contributed by atoms with van der Waals surface area (Å²) in [6.45, 7) is 4.06. The highest BCUT2D eigenvalue weighted by atomic mass is 19.1. The number of methoxy groups -OCH3 is 1. The maximum Gasteiger partial charge on any atom is 0.148 e. The summed E-state index contributed by atoms with van der Waals surface area (Å²) in [7, 11) is 1.62. The van der Waals surface area contributed by atoms with Gasteiger partial charge in [0, 0.05) is 36.8 Å². The average Bonchev–Trinajstić information content (AvgIpc) is 3.19. The van der Waals surface area contributed by atoms with Crippen molar-refractivity contribution in [3.8, 4) is 11.8 Å². The molecule has 0 fully saturated rings. The second kappa shape index (κ2) is 5.91. The Bertz CT molecular complexity index is 1020. The lowest BCUT2D eigenvalue weighted by atomic mass is 10.0. The minimum absolute atomic E-state index is 0.254. The zero-order valence-corrected chi connectivity index (χ0v) is 14.2. The van der Waals surface area contributed by atoms with Crippen molar-refractivity contribution < 1.29 is 9.13 Å². The topological polar surface area (TPSA) is 52.0 Å². The van der Waals surface area contributed by atoms with E-state index in [-0.39, 0.29) is 5.82 Å². The Labute approximate surface area is 145 Å². The van der Waals surface area contributed by atoms with Crippen LogP contribution in [-0.2, 0) is 19.6 Å². The largest absolute Gasteiger partial charge is 0.496 e. The standard InChI is InChI=1S/C20H18FN3O/c1-12-5-18(25-2)16(19-17(21)8-23-20(12)19)11-24-9-14-4-3-13(7-22)6-15(14)10-24/h3-6,8,23H,9-11H2,1-2H3. The summed E-state index contributed by atoms with van der Waals surface area (Å²) < 4.78 is 19.9. The summed E-state index contributed by atoms with van der Waals surface area (Å²) in [5.41, 5.74) is 5.69. The van der Waals surface area contributed by atoms with Crippen LogP contribution < -0.4 is 4.74 Å². The first-order valence-electron chi connectivity index (χ1n) is 8.18. The molecule has 0 saturated heterocycles. The van der Waals surface area contributed by atoms with Crippen molar-refractivity contribution in [2.45, 2.75) is 26.6 Å². The van der Waals surface area contributed by atoms with E-state index < -0.39 is 0 Å². The lowest BCUT2D eigenvalue weighted by Crippen LogP contribution is -2.16. The molecule has 2 aromatic carbocycles. The number of H-pyrrole nitrogens is 1. The minimum Gasteiger partial charge on any atom is -0.496 e. The molecular formula is C20H18FN3O. The zero-order chi connectivity index (χ0) is 17.6. The van der Waals surface area contributed by atoms with Gasteiger partial charge in [-0.1, -0.05) is 6.07 Å². The smallest absolute Gasteiger partial charge is 0.148 e. The molecule has 126 valence electrons. The van der Waals surface area contributed by atoms with E-state index in [4.69, 9.17) is 10.00 Å². The Morgan fingerprint density at radius 3 is 2.84 bits per heavy atom. The minimum atomic E-state index is -0.254. The summed E-state index contributed by atoms with van der Waals surface area (Å²) >= 11 is 0. The summed E-state index contributed by atoms with van der Waals surface area (Å²) in [4.78, 5) is 5.26. The highest BCUT2D eigenvalue weighted by Crippen LogP contribution is 2.35. The molecule has 2 heterocycles. The van der Waals surface area contributed by atoms with Crippen LogP contribution in [0.3, 0.4) is 0 Å². The Kier molecular flexibility index (Phi) is 3.70. The van der Waals surface area contributed by atoms with Gasteiger partial charge < -0.3 is 9.72 Å². The van der Waals surface area contributed by atoms with Gasteiger partial charge in [0.1, 0.15) is 11.6 Å². The molecule has 4 rings (SSSR count). The van der Waals surface area contributed by atoms with Gasteiger partial charge in [-0.2, -0.15) is 5.26 Å². The number of nitrogens with zero attached hydrogens (tertiary/aromatic N) is 2. The molecule has 1 aromatic heterocycles. The Morgan fingerprint density at radius 2 is 2.08 bits per heavy atom. The van der Waals surface area contributed by atoms with E-state index in [1.807, 2.05) is 31.2 Å². The van der Waals surface area contributed by atoms with Crippen LogP contribution in [-0.4, -0.2) is 17.0 Å². The summed E-state index contributed by atoms with van der Waals surface area (Å²) in [6, 6.07) is 9.92. The number of aromatic nitrogens is 1. The van der Waals surface area contributed by atoms with Gasteiger partial charge in [-0.05, 0) is 41.8 Å². The van der Waals surface area contributed by atoms with Crippen LogP contribution in [0.2, 0.25) is 0 Å². The number of aryl methyl sites for hydroxylation is 1. The molecule has 1 aliphatic heterocycles. The van der Waals surface area contributed by atoms with Gasteiger partial charge in [-0.3, -0.25) is 4.90 Å². The molecule has 0 bridgehead atoms. The van der Waals surface area contributed by atoms with Gasteiger partial charge in [0.25, 0.3) is 0 Å². The van der Waals surface area contributed by atoms with Crippen LogP contribution in [0.25, 0.3) is 10.9 Å². The normalized spacial score (nSPS) is 13.8. The van der Waals surface area contributed by atoms with Crippen LogP contribution in [0.1, 0.15) is 27.8 Å². The highest BCUT2D eigenvalue weighted by molar-refractivity contribution is 5.88. The van der Waals surface area contributed by atoms with Crippen molar-refractivity contribution in [2.75, 3.05) is 7.11 Å². The van der Waals surface area contributed by atoms with Gasteiger partial charge in [0.05, 0.1) is 24.3 Å². The van der Waals surface area contributed by atoms with E-state index in [0.717, 1.165) is 35.3 Å². The molecule has 0 saturated carbocycles. The number of aromatic amines is 1. The third kappa shape index (κ3) is 2.55. The Hall–Kier alpha value is -2.84. The molecule has 1 N–H and O–H groups in total. The number of hydrogen-bond donors (Lipinski definition) is 1. The van der Waals surface area contributed by atoms with E-state index in [1.165, 1.54) is 11.8 Å². The number of fused-ring (bicyclic) bond motifs is 2. The number of rotatable bonds is 3. The quantitative estimate of drug-likeness (QED) is 0.787. The Morgan fingerprint density at radius 1 is 1.28 bits per heavy atom. The third-order valence-corrected chi connectivity index (χ3v) is 4.90. The molecule has 0 amide bonds. The maximum atomic E-state index is 14.4. The molecule has 0 radical (unpaired) electrons. The second-order valence-corrected chi connectivity index (χ2v) is 6.50. The summed E-state index contributed by atoms with van der Waals surface area (Å²) in [6.07, 6.45) is 1.40. The number of hydrogen-bond acceptors (Lipinski definition) is 3. The van der Waals surface area contributed by atoms with Gasteiger partial charge in [0.2, 0.25) is 0 Å². The molecule has 4 nitrogen and oxygen atoms in total. The molecule has 0 unspecified atom stereocenters. The van der Waals surface area contributed by atoms with Crippen LogP contribution in [0.4, 0.5) is 4.39 Å². The number of ether oxygens (including phenoxy) is 1. The molecule has 0 aliphatic carbocycles. The molecule has 25 heavy (non-hydrogen) atoms. The molecular weight excluding hydrogens is 317 g/mol. The predicted molar refractivity (Wildman–Crippen MR) is 93.7 cm³/mol. The Balaban J connectivity index is 1.71. The predicted octanol–water partition coefficient (Wildman–Crippen LogP) is 4.01. The van der Waals surface area contributed by atoms with Gasteiger partial charge in [-0.25, -0.2) is 4.39 Å². The number of nitrogens with one attached hydrogen (secondary N) is 1. The molecule has 1 aliphatic rings. The van der Waals surface area contributed by atoms with Gasteiger partial charge in [-0.15, -0.1) is 0 Å². The first kappa shape index (κ1) is 15.7. The van der Waals surface area contributed by atoms with Crippen molar-refractivity contribution in [1.29, 1.82) is 5.26 Å². The fourth-order valence-corrected chi connectivity index (χ4v) is 3.69. The van der Waals surface area contributed by atoms with Crippen molar-refractivity contribution in [1.82, 2.24) is 9.88 Å². The second-order valence-electron chi connectivity index (χ2n) is 6.50. The highest BCUT2D eigenvalue weighted by Gasteiger charge is 2.23. The summed E-state index contributed by atoms with van der Waals surface area (Å²) in [5.74, 6) is 0.452. The molecule has 0 atom stereocenters. The number of halogens is 1. The van der Waals surface area contributed by atoms with Gasteiger partial charge >= 0.3 is 0 Å². The van der Waals surface area contributed by atoms with E-state index in [2.05, 4.69) is 16.0 Å². The van der Waals surface area contributed by atoms with E-state index in [9.17, 15) is 4.39 Å². The fraction of sp³-hybridized carbons (Fsp3) is 0.250. The van der Waals surface area contributed by atoms with Crippen LogP contribution in [0.15, 0.2) is 30.5 Å². The molecule has 5 heteroatoms. The van der Waals surface area contributed by atoms with E-state index in [1.54, 1.807) is 7.11 Å². The third-order valence-electron chi connectivity index (χ3n) is 4.90. The lowest BCUT2D eigenvalue weighted by Gasteiger charge is -2.19. The average molecular weight is 335 g/mol. The van der Waals surface area contributed by atoms with Crippen molar-refractivity contribution in [2.24, 2.45) is 0 Å².